The predicted octanol–water partition coefficient (Wildman–Crippen LogP) is 3.15. The van der Waals surface area contributed by atoms with Crippen LogP contribution in [0.3, 0.4) is 0 Å². The van der Waals surface area contributed by atoms with E-state index < -0.39 is 6.04 Å². The number of carbonyl (C=O) groups excluding carboxylic acids is 2. The van der Waals surface area contributed by atoms with Gasteiger partial charge in [0.25, 0.3) is 0 Å². The number of piperidine rings is 1. The number of rotatable bonds is 1. The number of fused-ring (bicyclic) bond motifs is 2. The molecule has 3 aliphatic rings. The SMILES string of the molecule is C=C1CCC(N2C(=O)C3(CC3)c3ccc(C(C)(C)C)cc32)C(=O)N1. The molecule has 0 aromatic heterocycles. The smallest absolute Gasteiger partial charge is 0.247 e. The van der Waals surface area contributed by atoms with Gasteiger partial charge in [0.1, 0.15) is 6.04 Å². The number of nitrogens with one attached hydrogen (secondary N) is 1. The lowest BCUT2D eigenvalue weighted by Gasteiger charge is -2.32. The molecule has 1 N–H and O–H groups in total. The van der Waals surface area contributed by atoms with Crippen LogP contribution in [0.2, 0.25) is 0 Å². The summed E-state index contributed by atoms with van der Waals surface area (Å²) in [6, 6.07) is 5.95. The molecule has 2 amide bonds. The van der Waals surface area contributed by atoms with Crippen molar-refractivity contribution in [1.82, 2.24) is 5.32 Å². The van der Waals surface area contributed by atoms with Crippen LogP contribution in [0, 0.1) is 0 Å². The highest BCUT2D eigenvalue weighted by atomic mass is 16.2. The molecule has 24 heavy (non-hydrogen) atoms. The molecule has 0 radical (unpaired) electrons. The van der Waals surface area contributed by atoms with Gasteiger partial charge >= 0.3 is 0 Å². The highest BCUT2D eigenvalue weighted by Crippen LogP contribution is 2.58. The normalized spacial score (nSPS) is 25.0. The maximum Gasteiger partial charge on any atom is 0.247 e. The van der Waals surface area contributed by atoms with Crippen molar-refractivity contribution >= 4 is 17.5 Å². The van der Waals surface area contributed by atoms with Gasteiger partial charge in [0.2, 0.25) is 11.8 Å². The van der Waals surface area contributed by atoms with E-state index in [0.717, 1.165) is 36.2 Å². The number of anilines is 1. The van der Waals surface area contributed by atoms with E-state index in [4.69, 9.17) is 0 Å². The third-order valence-corrected chi connectivity index (χ3v) is 5.65. The number of hydrogen-bond donors (Lipinski definition) is 1. The molecular weight excluding hydrogens is 300 g/mol. The lowest BCUT2D eigenvalue weighted by atomic mass is 9.85. The molecular formula is C20H24N2O2. The Labute approximate surface area is 142 Å². The summed E-state index contributed by atoms with van der Waals surface area (Å²) in [6.07, 6.45) is 3.16. The largest absolute Gasteiger partial charge is 0.329 e. The molecule has 1 aromatic carbocycles. The lowest BCUT2D eigenvalue weighted by Crippen LogP contribution is -2.52. The van der Waals surface area contributed by atoms with Crippen LogP contribution in [0.4, 0.5) is 5.69 Å². The van der Waals surface area contributed by atoms with Crippen molar-refractivity contribution < 1.29 is 9.59 Å². The van der Waals surface area contributed by atoms with Gasteiger partial charge in [0.05, 0.1) is 5.41 Å². The molecule has 1 saturated heterocycles. The van der Waals surface area contributed by atoms with Gasteiger partial charge in [-0.2, -0.15) is 0 Å². The molecule has 4 heteroatoms. The number of hydrogen-bond acceptors (Lipinski definition) is 2. The number of nitrogens with zero attached hydrogens (tertiary/aromatic N) is 1. The fourth-order valence-corrected chi connectivity index (χ4v) is 3.98. The number of amides is 2. The van der Waals surface area contributed by atoms with Crippen LogP contribution in [0.1, 0.15) is 57.6 Å². The van der Waals surface area contributed by atoms with E-state index in [9.17, 15) is 9.59 Å². The second-order valence-electron chi connectivity index (χ2n) is 8.39. The van der Waals surface area contributed by atoms with Crippen molar-refractivity contribution in [3.8, 4) is 0 Å². The van der Waals surface area contributed by atoms with E-state index in [0.29, 0.717) is 6.42 Å². The zero-order chi connectivity index (χ0) is 17.3. The Balaban J connectivity index is 1.81. The average Bonchev–Trinajstić information content (AvgIpc) is 3.26. The van der Waals surface area contributed by atoms with Gasteiger partial charge in [-0.05, 0) is 48.3 Å². The van der Waals surface area contributed by atoms with Crippen molar-refractivity contribution in [2.75, 3.05) is 4.90 Å². The fourth-order valence-electron chi connectivity index (χ4n) is 3.98. The zero-order valence-electron chi connectivity index (χ0n) is 14.6. The van der Waals surface area contributed by atoms with Crippen molar-refractivity contribution in [1.29, 1.82) is 0 Å². The summed E-state index contributed by atoms with van der Waals surface area (Å²) in [6.45, 7) is 10.3. The molecule has 1 aromatic rings. The molecule has 2 aliphatic heterocycles. The van der Waals surface area contributed by atoms with Crippen molar-refractivity contribution in [2.24, 2.45) is 0 Å². The molecule has 1 spiro atoms. The van der Waals surface area contributed by atoms with Crippen LogP contribution in [-0.2, 0) is 20.4 Å². The molecule has 1 unspecified atom stereocenters. The summed E-state index contributed by atoms with van der Waals surface area (Å²) in [7, 11) is 0. The lowest BCUT2D eigenvalue weighted by molar-refractivity contribution is -0.127. The predicted molar refractivity (Wildman–Crippen MR) is 93.8 cm³/mol. The maximum absolute atomic E-state index is 13.2. The van der Waals surface area contributed by atoms with Gasteiger partial charge in [-0.25, -0.2) is 0 Å². The van der Waals surface area contributed by atoms with Gasteiger partial charge in [-0.3, -0.25) is 14.5 Å². The fraction of sp³-hybridized carbons (Fsp3) is 0.500. The highest BCUT2D eigenvalue weighted by molar-refractivity contribution is 6.13. The topological polar surface area (TPSA) is 49.4 Å². The Kier molecular flexibility index (Phi) is 3.03. The number of allylic oxidation sites excluding steroid dienone is 1. The number of carbonyl (C=O) groups is 2. The number of benzene rings is 1. The summed E-state index contributed by atoms with van der Waals surface area (Å²) in [5.74, 6) is 0.000586. The second kappa shape index (κ2) is 4.71. The first-order valence-corrected chi connectivity index (χ1v) is 8.71. The molecule has 2 heterocycles. The van der Waals surface area contributed by atoms with Gasteiger partial charge < -0.3 is 5.32 Å². The van der Waals surface area contributed by atoms with Crippen LogP contribution in [-0.4, -0.2) is 17.9 Å². The van der Waals surface area contributed by atoms with Crippen LogP contribution in [0.15, 0.2) is 30.5 Å². The summed E-state index contributed by atoms with van der Waals surface area (Å²) in [4.78, 5) is 27.4. The third kappa shape index (κ3) is 2.05. The minimum atomic E-state index is -0.419. The van der Waals surface area contributed by atoms with E-state index in [1.807, 2.05) is 0 Å². The summed E-state index contributed by atoms with van der Waals surface area (Å²) >= 11 is 0. The molecule has 4 rings (SSSR count). The monoisotopic (exact) mass is 324 g/mol. The molecule has 0 bridgehead atoms. The first-order valence-electron chi connectivity index (χ1n) is 8.71. The Morgan fingerprint density at radius 1 is 1.25 bits per heavy atom. The van der Waals surface area contributed by atoms with E-state index in [1.165, 1.54) is 5.56 Å². The van der Waals surface area contributed by atoms with Gasteiger partial charge in [0, 0.05) is 11.4 Å². The maximum atomic E-state index is 13.2. The Morgan fingerprint density at radius 3 is 2.54 bits per heavy atom. The Bertz CT molecular complexity index is 768. The van der Waals surface area contributed by atoms with Crippen LogP contribution < -0.4 is 10.2 Å². The zero-order valence-corrected chi connectivity index (χ0v) is 14.6. The van der Waals surface area contributed by atoms with E-state index >= 15 is 0 Å². The minimum Gasteiger partial charge on any atom is -0.329 e. The average molecular weight is 324 g/mol. The molecule has 1 saturated carbocycles. The highest BCUT2D eigenvalue weighted by Gasteiger charge is 2.61. The summed E-state index contributed by atoms with van der Waals surface area (Å²) in [5, 5.41) is 2.82. The van der Waals surface area contributed by atoms with Crippen molar-refractivity contribution in [2.45, 2.75) is 63.3 Å². The molecule has 2 fully saturated rings. The van der Waals surface area contributed by atoms with E-state index in [2.05, 4.69) is 50.9 Å². The Morgan fingerprint density at radius 2 is 1.96 bits per heavy atom. The molecule has 1 aliphatic carbocycles. The van der Waals surface area contributed by atoms with Crippen molar-refractivity contribution in [3.63, 3.8) is 0 Å². The first-order chi connectivity index (χ1) is 11.2. The quantitative estimate of drug-likeness (QED) is 0.863. The van der Waals surface area contributed by atoms with Crippen LogP contribution in [0.5, 0.6) is 0 Å². The third-order valence-electron chi connectivity index (χ3n) is 5.65. The summed E-state index contributed by atoms with van der Waals surface area (Å²) < 4.78 is 0. The van der Waals surface area contributed by atoms with Gasteiger partial charge in [-0.15, -0.1) is 0 Å². The van der Waals surface area contributed by atoms with E-state index in [1.54, 1.807) is 4.90 Å². The first kappa shape index (κ1) is 15.4. The Hall–Kier alpha value is -2.10. The van der Waals surface area contributed by atoms with Crippen LogP contribution >= 0.6 is 0 Å². The van der Waals surface area contributed by atoms with Gasteiger partial charge in [-0.1, -0.05) is 39.5 Å². The minimum absolute atomic E-state index is 0.00611. The molecule has 1 atom stereocenters. The standard InChI is InChI=1S/C20H24N2O2/c1-12-5-8-15(17(23)21-12)22-16-11-13(19(2,3)4)6-7-14(16)20(9-10-20)18(22)24/h6-7,11,15H,1,5,8-10H2,2-4H3,(H,21,23). The van der Waals surface area contributed by atoms with Crippen LogP contribution in [0.25, 0.3) is 0 Å². The van der Waals surface area contributed by atoms with Gasteiger partial charge in [0.15, 0.2) is 0 Å². The second-order valence-corrected chi connectivity index (χ2v) is 8.39. The van der Waals surface area contributed by atoms with E-state index in [-0.39, 0.29) is 22.6 Å². The van der Waals surface area contributed by atoms with Crippen molar-refractivity contribution in [3.05, 3.63) is 41.6 Å². The molecule has 126 valence electrons. The molecule has 4 nitrogen and oxygen atoms in total. The summed E-state index contributed by atoms with van der Waals surface area (Å²) in [5.41, 5.74) is 3.63.